The molecule has 0 aliphatic heterocycles. The smallest absolute Gasteiger partial charge is 0.330 e. The number of ether oxygens (including phenoxy) is 2. The lowest BCUT2D eigenvalue weighted by molar-refractivity contribution is 0.303. The summed E-state index contributed by atoms with van der Waals surface area (Å²) >= 11 is 2.16. The van der Waals surface area contributed by atoms with Crippen LogP contribution in [-0.2, 0) is 0 Å². The Morgan fingerprint density at radius 3 is 2.63 bits per heavy atom. The van der Waals surface area contributed by atoms with Crippen molar-refractivity contribution in [2.75, 3.05) is 12.0 Å². The number of nitrogen functional groups attached to an aromatic ring is 1. The molecule has 0 aliphatic rings. The van der Waals surface area contributed by atoms with Gasteiger partial charge in [-0.1, -0.05) is 12.1 Å². The van der Waals surface area contributed by atoms with Crippen molar-refractivity contribution < 1.29 is 9.47 Å². The van der Waals surface area contributed by atoms with Gasteiger partial charge in [0.2, 0.25) is 5.95 Å². The van der Waals surface area contributed by atoms with Crippen molar-refractivity contribution in [2.24, 2.45) is 5.84 Å². The van der Waals surface area contributed by atoms with Crippen LogP contribution < -0.4 is 20.7 Å². The molecule has 1 aromatic carbocycles. The van der Waals surface area contributed by atoms with Crippen molar-refractivity contribution in [3.05, 3.63) is 27.8 Å². The number of nitrogens with zero attached hydrogens (tertiary/aromatic N) is 3. The summed E-state index contributed by atoms with van der Waals surface area (Å²) in [6.45, 7) is 2.27. The number of benzene rings is 1. The summed E-state index contributed by atoms with van der Waals surface area (Å²) in [6.07, 6.45) is 0. The van der Waals surface area contributed by atoms with Crippen molar-refractivity contribution >= 4 is 28.5 Å². The molecule has 0 radical (unpaired) electrons. The van der Waals surface area contributed by atoms with Gasteiger partial charge in [0.25, 0.3) is 0 Å². The highest BCUT2D eigenvalue weighted by molar-refractivity contribution is 14.1. The minimum atomic E-state index is 0.121. The number of nitrogens with one attached hydrogen (secondary N) is 1. The molecule has 0 bridgehead atoms. The number of rotatable bonds is 5. The molecular weight excluding hydrogens is 361 g/mol. The van der Waals surface area contributed by atoms with E-state index in [-0.39, 0.29) is 18.0 Å². The van der Waals surface area contributed by atoms with Gasteiger partial charge in [0.1, 0.15) is 5.75 Å². The van der Waals surface area contributed by atoms with Gasteiger partial charge in [0.15, 0.2) is 0 Å². The summed E-state index contributed by atoms with van der Waals surface area (Å²) in [6, 6.07) is 7.80. The second-order valence-corrected chi connectivity index (χ2v) is 4.50. The van der Waals surface area contributed by atoms with Crippen LogP contribution in [0.15, 0.2) is 24.3 Å². The zero-order valence-corrected chi connectivity index (χ0v) is 12.3. The number of aromatic nitrogens is 3. The third-order valence-corrected chi connectivity index (χ3v) is 2.93. The molecule has 0 unspecified atom stereocenters. The maximum Gasteiger partial charge on any atom is 0.330 e. The van der Waals surface area contributed by atoms with Crippen molar-refractivity contribution in [1.29, 1.82) is 0 Å². The highest BCUT2D eigenvalue weighted by Gasteiger charge is 2.10. The van der Waals surface area contributed by atoms with Crippen LogP contribution in [-0.4, -0.2) is 21.6 Å². The Morgan fingerprint density at radius 1 is 1.21 bits per heavy atom. The van der Waals surface area contributed by atoms with Gasteiger partial charge in [-0.15, -0.1) is 4.98 Å². The average molecular weight is 373 g/mol. The number of hydrogen-bond acceptors (Lipinski definition) is 7. The maximum absolute atomic E-state index is 5.59. The van der Waals surface area contributed by atoms with E-state index in [0.29, 0.717) is 12.4 Å². The summed E-state index contributed by atoms with van der Waals surface area (Å²) in [4.78, 5) is 12.0. The molecule has 0 fully saturated rings. The second-order valence-electron chi connectivity index (χ2n) is 3.33. The molecule has 0 aliphatic carbocycles. The number of nitrogens with two attached hydrogens (primary N) is 1. The molecule has 2 aromatic rings. The van der Waals surface area contributed by atoms with Gasteiger partial charge in [-0.05, 0) is 41.6 Å². The Hall–Kier alpha value is -1.68. The first-order chi connectivity index (χ1) is 9.22. The first kappa shape index (κ1) is 13.7. The van der Waals surface area contributed by atoms with Gasteiger partial charge in [0.05, 0.1) is 10.2 Å². The van der Waals surface area contributed by atoms with Gasteiger partial charge in [-0.3, -0.25) is 5.43 Å². The molecule has 0 spiro atoms. The second kappa shape index (κ2) is 6.48. The van der Waals surface area contributed by atoms with Crippen LogP contribution >= 0.6 is 22.6 Å². The van der Waals surface area contributed by atoms with Crippen LogP contribution in [0.5, 0.6) is 17.8 Å². The molecule has 1 aromatic heterocycles. The lowest BCUT2D eigenvalue weighted by atomic mass is 10.3. The molecule has 8 heteroatoms. The van der Waals surface area contributed by atoms with E-state index in [4.69, 9.17) is 15.3 Å². The van der Waals surface area contributed by atoms with Crippen LogP contribution in [0, 0.1) is 3.57 Å². The normalized spacial score (nSPS) is 10.1. The molecule has 19 heavy (non-hydrogen) atoms. The molecule has 0 saturated carbocycles. The Labute approximate surface area is 123 Å². The number of para-hydroxylation sites is 1. The Kier molecular flexibility index (Phi) is 4.68. The molecule has 2 rings (SSSR count). The maximum atomic E-state index is 5.59. The van der Waals surface area contributed by atoms with Crippen LogP contribution in [0.2, 0.25) is 0 Å². The van der Waals surface area contributed by atoms with Gasteiger partial charge in [-0.25, -0.2) is 5.84 Å². The van der Waals surface area contributed by atoms with Crippen molar-refractivity contribution in [1.82, 2.24) is 15.0 Å². The lowest BCUT2D eigenvalue weighted by Gasteiger charge is -2.08. The fraction of sp³-hybridized carbons (Fsp3) is 0.182. The van der Waals surface area contributed by atoms with E-state index in [2.05, 4.69) is 43.0 Å². The van der Waals surface area contributed by atoms with Gasteiger partial charge in [-0.2, -0.15) is 9.97 Å². The Balaban J connectivity index is 2.29. The van der Waals surface area contributed by atoms with Crippen molar-refractivity contribution in [3.8, 4) is 17.8 Å². The lowest BCUT2D eigenvalue weighted by Crippen LogP contribution is -2.12. The Bertz CT molecular complexity index is 567. The predicted octanol–water partition coefficient (Wildman–Crippen LogP) is 1.95. The van der Waals surface area contributed by atoms with Gasteiger partial charge >= 0.3 is 12.0 Å². The zero-order valence-electron chi connectivity index (χ0n) is 10.1. The fourth-order valence-corrected chi connectivity index (χ4v) is 1.77. The molecule has 0 saturated heterocycles. The molecule has 0 atom stereocenters. The van der Waals surface area contributed by atoms with Gasteiger partial charge < -0.3 is 9.47 Å². The van der Waals surface area contributed by atoms with Crippen molar-refractivity contribution in [3.63, 3.8) is 0 Å². The largest absolute Gasteiger partial charge is 0.464 e. The molecule has 1 heterocycles. The number of hydrogen-bond donors (Lipinski definition) is 2. The minimum Gasteiger partial charge on any atom is -0.464 e. The molecule has 7 nitrogen and oxygen atoms in total. The predicted molar refractivity (Wildman–Crippen MR) is 78.0 cm³/mol. The minimum absolute atomic E-state index is 0.121. The quantitative estimate of drug-likeness (QED) is 0.470. The number of halogens is 1. The summed E-state index contributed by atoms with van der Waals surface area (Å²) in [5.74, 6) is 6.12. The summed E-state index contributed by atoms with van der Waals surface area (Å²) < 4.78 is 11.8. The topological polar surface area (TPSA) is 95.2 Å². The number of hydrazine groups is 1. The van der Waals surface area contributed by atoms with Crippen LogP contribution in [0.4, 0.5) is 5.95 Å². The molecule has 3 N–H and O–H groups in total. The van der Waals surface area contributed by atoms with E-state index in [9.17, 15) is 0 Å². The molecule has 100 valence electrons. The van der Waals surface area contributed by atoms with Crippen molar-refractivity contribution in [2.45, 2.75) is 6.92 Å². The van der Waals surface area contributed by atoms with E-state index >= 15 is 0 Å². The average Bonchev–Trinajstić information content (AvgIpc) is 2.41. The van der Waals surface area contributed by atoms with Crippen LogP contribution in [0.1, 0.15) is 6.92 Å². The van der Waals surface area contributed by atoms with E-state index in [1.807, 2.05) is 31.2 Å². The highest BCUT2D eigenvalue weighted by atomic mass is 127. The van der Waals surface area contributed by atoms with Crippen LogP contribution in [0.25, 0.3) is 0 Å². The first-order valence-electron chi connectivity index (χ1n) is 5.50. The highest BCUT2D eigenvalue weighted by Crippen LogP contribution is 2.25. The van der Waals surface area contributed by atoms with E-state index < -0.39 is 0 Å². The first-order valence-corrected chi connectivity index (χ1v) is 6.58. The number of anilines is 1. The summed E-state index contributed by atoms with van der Waals surface area (Å²) in [5.41, 5.74) is 2.34. The standard InChI is InChI=1S/C11H12IN5O2/c1-2-18-10-14-9(17-13)15-11(16-10)19-8-6-4-3-5-7(8)12/h3-6H,2,13H2,1H3,(H,14,15,16,17). The molecule has 0 amide bonds. The van der Waals surface area contributed by atoms with Crippen LogP contribution in [0.3, 0.4) is 0 Å². The van der Waals surface area contributed by atoms with E-state index in [1.165, 1.54) is 0 Å². The summed E-state index contributed by atoms with van der Waals surface area (Å²) in [5, 5.41) is 0. The monoisotopic (exact) mass is 373 g/mol. The van der Waals surface area contributed by atoms with E-state index in [0.717, 1.165) is 3.57 Å². The van der Waals surface area contributed by atoms with Gasteiger partial charge in [0, 0.05) is 0 Å². The summed E-state index contributed by atoms with van der Waals surface area (Å²) in [7, 11) is 0. The fourth-order valence-electron chi connectivity index (χ4n) is 1.27. The zero-order chi connectivity index (χ0) is 13.7. The Morgan fingerprint density at radius 2 is 1.95 bits per heavy atom. The van der Waals surface area contributed by atoms with E-state index in [1.54, 1.807) is 0 Å². The third kappa shape index (κ3) is 3.64. The molecular formula is C11H12IN5O2. The third-order valence-electron chi connectivity index (χ3n) is 2.03. The SMILES string of the molecule is CCOc1nc(NN)nc(Oc2ccccc2I)n1.